The molecule has 2 atom stereocenters. The van der Waals surface area contributed by atoms with Gasteiger partial charge in [-0.1, -0.05) is 109 Å². The molecule has 5 aromatic carbocycles. The number of amides is 1. The fraction of sp³-hybridized carbons (Fsp3) is 0.231. The normalized spacial score (nSPS) is 12.9. The van der Waals surface area contributed by atoms with E-state index in [-0.39, 0.29) is 24.3 Å². The van der Waals surface area contributed by atoms with Crippen molar-refractivity contribution in [2.75, 3.05) is 0 Å². The maximum absolute atomic E-state index is 13.8. The SMILES string of the molecule is CC(C(CC=Cc1ccc2ccccc2c1)c1ccc(Cl)cc1)N(Cc1ccc2ccccc2c1)C(=O)CCCCC(=O)O. The van der Waals surface area contributed by atoms with Gasteiger partial charge in [-0.15, -0.1) is 0 Å². The second-order valence-corrected chi connectivity index (χ2v) is 11.9. The molecule has 0 saturated carbocycles. The lowest BCUT2D eigenvalue weighted by Crippen LogP contribution is -2.41. The van der Waals surface area contributed by atoms with Gasteiger partial charge < -0.3 is 10.0 Å². The average molecular weight is 604 g/mol. The summed E-state index contributed by atoms with van der Waals surface area (Å²) in [5.74, 6) is -0.777. The first-order valence-corrected chi connectivity index (χ1v) is 15.6. The number of benzene rings is 5. The molecule has 4 nitrogen and oxygen atoms in total. The Labute approximate surface area is 264 Å². The highest BCUT2D eigenvalue weighted by atomic mass is 35.5. The number of aliphatic carboxylic acids is 1. The van der Waals surface area contributed by atoms with E-state index in [1.165, 1.54) is 10.8 Å². The van der Waals surface area contributed by atoms with Crippen LogP contribution >= 0.6 is 11.6 Å². The lowest BCUT2D eigenvalue weighted by Gasteiger charge is -2.35. The Bertz CT molecular complexity index is 1760. The molecule has 0 aliphatic rings. The van der Waals surface area contributed by atoms with Crippen LogP contribution < -0.4 is 0 Å². The van der Waals surface area contributed by atoms with E-state index >= 15 is 0 Å². The summed E-state index contributed by atoms with van der Waals surface area (Å²) in [6.07, 6.45) is 6.49. The highest BCUT2D eigenvalue weighted by molar-refractivity contribution is 6.30. The molecule has 5 aromatic rings. The molecule has 0 aromatic heterocycles. The van der Waals surface area contributed by atoms with Crippen LogP contribution in [0.15, 0.2) is 115 Å². The summed E-state index contributed by atoms with van der Waals surface area (Å²) in [4.78, 5) is 26.9. The number of unbranched alkanes of at least 4 members (excludes halogenated alkanes) is 1. The summed E-state index contributed by atoms with van der Waals surface area (Å²) in [7, 11) is 0. The minimum absolute atomic E-state index is 0.0207. The Kier molecular flexibility index (Phi) is 10.5. The van der Waals surface area contributed by atoms with Crippen molar-refractivity contribution >= 4 is 51.1 Å². The predicted molar refractivity (Wildman–Crippen MR) is 182 cm³/mol. The molecule has 0 fully saturated rings. The molecule has 224 valence electrons. The van der Waals surface area contributed by atoms with Crippen molar-refractivity contribution in [2.24, 2.45) is 0 Å². The second-order valence-electron chi connectivity index (χ2n) is 11.4. The Balaban J connectivity index is 1.43. The van der Waals surface area contributed by atoms with Gasteiger partial charge in [-0.25, -0.2) is 0 Å². The van der Waals surface area contributed by atoms with Crippen molar-refractivity contribution in [3.63, 3.8) is 0 Å². The van der Waals surface area contributed by atoms with Gasteiger partial charge in [-0.2, -0.15) is 0 Å². The number of halogens is 1. The minimum atomic E-state index is -0.833. The van der Waals surface area contributed by atoms with Crippen molar-refractivity contribution in [2.45, 2.75) is 57.5 Å². The van der Waals surface area contributed by atoms with Gasteiger partial charge in [0.25, 0.3) is 0 Å². The summed E-state index contributed by atoms with van der Waals surface area (Å²) in [5.41, 5.74) is 3.32. The molecule has 0 saturated heterocycles. The number of fused-ring (bicyclic) bond motifs is 2. The molecule has 44 heavy (non-hydrogen) atoms. The van der Waals surface area contributed by atoms with E-state index in [1.54, 1.807) is 0 Å². The summed E-state index contributed by atoms with van der Waals surface area (Å²) in [6.45, 7) is 2.60. The van der Waals surface area contributed by atoms with Gasteiger partial charge >= 0.3 is 5.97 Å². The lowest BCUT2D eigenvalue weighted by molar-refractivity contribution is -0.138. The molecular formula is C39H38ClNO3. The number of hydrogen-bond acceptors (Lipinski definition) is 2. The summed E-state index contributed by atoms with van der Waals surface area (Å²) >= 11 is 6.27. The molecule has 5 rings (SSSR count). The Morgan fingerprint density at radius 2 is 1.39 bits per heavy atom. The molecule has 5 heteroatoms. The molecule has 0 spiro atoms. The van der Waals surface area contributed by atoms with E-state index in [1.807, 2.05) is 35.2 Å². The molecule has 2 unspecified atom stereocenters. The Morgan fingerprint density at radius 3 is 2.07 bits per heavy atom. The van der Waals surface area contributed by atoms with Crippen LogP contribution in [0.1, 0.15) is 61.6 Å². The lowest BCUT2D eigenvalue weighted by atomic mass is 9.87. The highest BCUT2D eigenvalue weighted by Crippen LogP contribution is 2.31. The van der Waals surface area contributed by atoms with Crippen molar-refractivity contribution in [3.8, 4) is 0 Å². The van der Waals surface area contributed by atoms with Gasteiger partial charge in [0.2, 0.25) is 5.91 Å². The molecule has 0 aliphatic carbocycles. The quantitative estimate of drug-likeness (QED) is 0.136. The van der Waals surface area contributed by atoms with Gasteiger partial charge in [0.1, 0.15) is 0 Å². The van der Waals surface area contributed by atoms with Gasteiger partial charge in [0, 0.05) is 36.4 Å². The fourth-order valence-electron chi connectivity index (χ4n) is 5.89. The molecule has 0 bridgehead atoms. The van der Waals surface area contributed by atoms with Crippen LogP contribution in [-0.2, 0) is 16.1 Å². The van der Waals surface area contributed by atoms with E-state index < -0.39 is 5.97 Å². The minimum Gasteiger partial charge on any atom is -0.481 e. The zero-order chi connectivity index (χ0) is 30.9. The van der Waals surface area contributed by atoms with E-state index in [0.29, 0.717) is 30.8 Å². The maximum atomic E-state index is 13.8. The smallest absolute Gasteiger partial charge is 0.303 e. The number of nitrogens with zero attached hydrogens (tertiary/aromatic N) is 1. The molecule has 1 N–H and O–H groups in total. The van der Waals surface area contributed by atoms with Crippen LogP contribution in [0, 0.1) is 0 Å². The monoisotopic (exact) mass is 603 g/mol. The van der Waals surface area contributed by atoms with Gasteiger partial charge in [0.05, 0.1) is 0 Å². The van der Waals surface area contributed by atoms with Crippen LogP contribution in [0.25, 0.3) is 27.6 Å². The average Bonchev–Trinajstić information content (AvgIpc) is 3.04. The van der Waals surface area contributed by atoms with Crippen LogP contribution in [0.5, 0.6) is 0 Å². The largest absolute Gasteiger partial charge is 0.481 e. The fourth-order valence-corrected chi connectivity index (χ4v) is 6.02. The predicted octanol–water partition coefficient (Wildman–Crippen LogP) is 9.90. The summed E-state index contributed by atoms with van der Waals surface area (Å²) in [5, 5.41) is 14.5. The van der Waals surface area contributed by atoms with Crippen molar-refractivity contribution in [1.82, 2.24) is 4.90 Å². The summed E-state index contributed by atoms with van der Waals surface area (Å²) in [6, 6.07) is 37.2. The highest BCUT2D eigenvalue weighted by Gasteiger charge is 2.28. The number of carbonyl (C=O) groups excluding carboxylic acids is 1. The van der Waals surface area contributed by atoms with Crippen LogP contribution in [0.4, 0.5) is 0 Å². The number of carboxylic acid groups (broad SMARTS) is 1. The molecule has 1 amide bonds. The number of hydrogen-bond donors (Lipinski definition) is 1. The Hall–Kier alpha value is -4.41. The van der Waals surface area contributed by atoms with Crippen molar-refractivity contribution < 1.29 is 14.7 Å². The number of rotatable bonds is 13. The molecular weight excluding hydrogens is 566 g/mol. The summed E-state index contributed by atoms with van der Waals surface area (Å²) < 4.78 is 0. The van der Waals surface area contributed by atoms with Gasteiger partial charge in [-0.3, -0.25) is 9.59 Å². The molecule has 0 radical (unpaired) electrons. The van der Waals surface area contributed by atoms with E-state index in [9.17, 15) is 9.59 Å². The standard InChI is InChI=1S/C39H38ClNO3/c1-28(41(38(42)15-6-7-16-39(43)44)27-30-18-20-32-11-3-5-13-35(32)26-30)37(33-21-23-36(40)24-22-33)14-8-9-29-17-19-31-10-2-4-12-34(31)25-29/h2-5,8-13,17-26,28,37H,6-7,14-16,27H2,1H3,(H,43,44). The third kappa shape index (κ3) is 8.15. The third-order valence-corrected chi connectivity index (χ3v) is 8.62. The first-order valence-electron chi connectivity index (χ1n) is 15.3. The number of carboxylic acids is 1. The molecule has 0 aliphatic heterocycles. The zero-order valence-corrected chi connectivity index (χ0v) is 25.8. The molecule has 0 heterocycles. The van der Waals surface area contributed by atoms with Gasteiger partial charge in [0.15, 0.2) is 0 Å². The van der Waals surface area contributed by atoms with E-state index in [4.69, 9.17) is 16.7 Å². The zero-order valence-electron chi connectivity index (χ0n) is 25.0. The van der Waals surface area contributed by atoms with Crippen LogP contribution in [-0.4, -0.2) is 27.9 Å². The first kappa shape index (κ1) is 31.0. The van der Waals surface area contributed by atoms with Crippen LogP contribution in [0.2, 0.25) is 5.02 Å². The van der Waals surface area contributed by atoms with E-state index in [0.717, 1.165) is 33.9 Å². The van der Waals surface area contributed by atoms with E-state index in [2.05, 4.69) is 97.9 Å². The van der Waals surface area contributed by atoms with Crippen molar-refractivity contribution in [1.29, 1.82) is 0 Å². The topological polar surface area (TPSA) is 57.6 Å². The third-order valence-electron chi connectivity index (χ3n) is 8.36. The number of carbonyl (C=O) groups is 2. The maximum Gasteiger partial charge on any atom is 0.303 e. The number of allylic oxidation sites excluding steroid dienone is 1. The van der Waals surface area contributed by atoms with Crippen LogP contribution in [0.3, 0.4) is 0 Å². The van der Waals surface area contributed by atoms with Gasteiger partial charge in [-0.05, 0) is 88.7 Å². The Morgan fingerprint density at radius 1 is 0.773 bits per heavy atom. The second kappa shape index (κ2) is 14.9. The van der Waals surface area contributed by atoms with Crippen molar-refractivity contribution in [3.05, 3.63) is 137 Å². The first-order chi connectivity index (χ1) is 21.4.